The van der Waals surface area contributed by atoms with E-state index in [0.29, 0.717) is 12.5 Å². The molecule has 2 nitrogen and oxygen atoms in total. The lowest BCUT2D eigenvalue weighted by molar-refractivity contribution is -0.250. The van der Waals surface area contributed by atoms with E-state index in [9.17, 15) is 0 Å². The van der Waals surface area contributed by atoms with Gasteiger partial charge in [0.2, 0.25) is 0 Å². The fraction of sp³-hybridized carbons (Fsp3) is 0.462. The predicted molar refractivity (Wildman–Crippen MR) is 120 cm³/mol. The summed E-state index contributed by atoms with van der Waals surface area (Å²) >= 11 is 0. The molecule has 0 saturated heterocycles. The van der Waals surface area contributed by atoms with Crippen molar-refractivity contribution in [3.63, 3.8) is 0 Å². The third-order valence-corrected chi connectivity index (χ3v) is 5.04. The fourth-order valence-electron chi connectivity index (χ4n) is 3.97. The highest BCUT2D eigenvalue weighted by Crippen LogP contribution is 2.37. The number of aryl methyl sites for hydroxylation is 1. The normalized spacial score (nSPS) is 13.1. The van der Waals surface area contributed by atoms with Gasteiger partial charge in [-0.2, -0.15) is 5.06 Å². The Labute approximate surface area is 172 Å². The third-order valence-electron chi connectivity index (χ3n) is 5.04. The Balaban J connectivity index is 2.16. The van der Waals surface area contributed by atoms with Crippen molar-refractivity contribution in [3.8, 4) is 0 Å². The molecule has 0 aliphatic carbocycles. The van der Waals surface area contributed by atoms with Gasteiger partial charge < -0.3 is 0 Å². The van der Waals surface area contributed by atoms with Crippen LogP contribution in [0, 0.1) is 5.92 Å². The van der Waals surface area contributed by atoms with Crippen LogP contribution < -0.4 is 0 Å². The van der Waals surface area contributed by atoms with E-state index >= 15 is 0 Å². The maximum absolute atomic E-state index is 6.50. The molecule has 2 aromatic rings. The highest BCUT2D eigenvalue weighted by atomic mass is 16.7. The van der Waals surface area contributed by atoms with E-state index in [1.807, 2.05) is 0 Å². The highest BCUT2D eigenvalue weighted by Gasteiger charge is 2.36. The smallest absolute Gasteiger partial charge is 0.0688 e. The van der Waals surface area contributed by atoms with Gasteiger partial charge in [-0.1, -0.05) is 80.1 Å². The monoisotopic (exact) mass is 379 g/mol. The van der Waals surface area contributed by atoms with Crippen LogP contribution in [0.25, 0.3) is 0 Å². The molecule has 2 heteroatoms. The molecule has 2 rings (SSSR count). The van der Waals surface area contributed by atoms with Crippen molar-refractivity contribution in [1.82, 2.24) is 5.06 Å². The van der Waals surface area contributed by atoms with Gasteiger partial charge >= 0.3 is 0 Å². The van der Waals surface area contributed by atoms with E-state index in [1.54, 1.807) is 0 Å². The molecule has 0 aliphatic rings. The zero-order valence-electron chi connectivity index (χ0n) is 18.3. The molecule has 1 atom stereocenters. The Bertz CT molecular complexity index is 706. The van der Waals surface area contributed by atoms with Gasteiger partial charge in [-0.15, -0.1) is 6.58 Å². The lowest BCUT2D eigenvalue weighted by Gasteiger charge is -2.44. The van der Waals surface area contributed by atoms with Crippen molar-refractivity contribution < 1.29 is 4.84 Å². The predicted octanol–water partition coefficient (Wildman–Crippen LogP) is 6.99. The molecular weight excluding hydrogens is 342 g/mol. The summed E-state index contributed by atoms with van der Waals surface area (Å²) in [6.07, 6.45) is 2.94. The number of rotatable bonds is 11. The van der Waals surface area contributed by atoms with Crippen LogP contribution in [0.2, 0.25) is 0 Å². The minimum Gasteiger partial charge on any atom is -0.298 e. The first-order chi connectivity index (χ1) is 13.3. The first-order valence-electron chi connectivity index (χ1n) is 10.5. The molecule has 0 fully saturated rings. The number of hydrogen-bond acceptors (Lipinski definition) is 2. The molecule has 0 N–H and O–H groups in total. The van der Waals surface area contributed by atoms with E-state index in [4.69, 9.17) is 4.84 Å². The number of nitrogens with zero attached hydrogens (tertiary/aromatic N) is 1. The molecule has 0 amide bonds. The highest BCUT2D eigenvalue weighted by molar-refractivity contribution is 5.20. The summed E-state index contributed by atoms with van der Waals surface area (Å²) in [5.41, 5.74) is 3.71. The van der Waals surface area contributed by atoms with Crippen molar-refractivity contribution in [3.05, 3.63) is 83.9 Å². The van der Waals surface area contributed by atoms with Gasteiger partial charge in [-0.25, -0.2) is 0 Å². The van der Waals surface area contributed by atoms with Crippen molar-refractivity contribution in [2.45, 2.75) is 65.5 Å². The first-order valence-corrected chi connectivity index (χ1v) is 10.5. The van der Waals surface area contributed by atoms with Gasteiger partial charge in [-0.05, 0) is 57.1 Å². The molecule has 0 spiro atoms. The number of hydrogen-bond donors (Lipinski definition) is 0. The van der Waals surface area contributed by atoms with Crippen molar-refractivity contribution in [2.75, 3.05) is 6.61 Å². The van der Waals surface area contributed by atoms with Gasteiger partial charge in [0.25, 0.3) is 0 Å². The lowest BCUT2D eigenvalue weighted by atomic mass is 9.89. The Kier molecular flexibility index (Phi) is 8.47. The molecule has 0 saturated carbocycles. The maximum Gasteiger partial charge on any atom is 0.0688 e. The first kappa shape index (κ1) is 22.4. The van der Waals surface area contributed by atoms with Crippen molar-refractivity contribution in [1.29, 1.82) is 0 Å². The minimum atomic E-state index is -0.136. The largest absolute Gasteiger partial charge is 0.298 e. The summed E-state index contributed by atoms with van der Waals surface area (Å²) in [5, 5.41) is 2.24. The van der Waals surface area contributed by atoms with Crippen LogP contribution in [0.4, 0.5) is 0 Å². The zero-order chi connectivity index (χ0) is 20.6. The van der Waals surface area contributed by atoms with Gasteiger partial charge in [-0.3, -0.25) is 4.84 Å². The Morgan fingerprint density at radius 2 is 1.57 bits per heavy atom. The maximum atomic E-state index is 6.50. The summed E-state index contributed by atoms with van der Waals surface area (Å²) in [7, 11) is 0. The van der Waals surface area contributed by atoms with E-state index in [-0.39, 0.29) is 11.6 Å². The zero-order valence-corrected chi connectivity index (χ0v) is 18.3. The summed E-state index contributed by atoms with van der Waals surface area (Å²) in [4.78, 5) is 6.50. The molecule has 2 aromatic carbocycles. The lowest BCUT2D eigenvalue weighted by Crippen LogP contribution is -2.48. The second-order valence-electron chi connectivity index (χ2n) is 8.79. The molecule has 0 aliphatic heterocycles. The summed E-state index contributed by atoms with van der Waals surface area (Å²) in [5.74, 6) is 0.431. The van der Waals surface area contributed by atoms with Gasteiger partial charge in [0, 0.05) is 5.54 Å². The van der Waals surface area contributed by atoms with Crippen LogP contribution in [0.1, 0.15) is 64.6 Å². The van der Waals surface area contributed by atoms with Crippen LogP contribution >= 0.6 is 0 Å². The average molecular weight is 380 g/mol. The average Bonchev–Trinajstić information content (AvgIpc) is 2.64. The van der Waals surface area contributed by atoms with E-state index in [2.05, 4.69) is 107 Å². The van der Waals surface area contributed by atoms with E-state index in [1.165, 1.54) is 16.7 Å². The van der Waals surface area contributed by atoms with Gasteiger partial charge in [0.15, 0.2) is 0 Å². The van der Waals surface area contributed by atoms with Crippen LogP contribution in [0.3, 0.4) is 0 Å². The number of hydroxylamine groups is 2. The second-order valence-corrected chi connectivity index (χ2v) is 8.79. The van der Waals surface area contributed by atoms with Gasteiger partial charge in [0.05, 0.1) is 12.6 Å². The molecule has 28 heavy (non-hydrogen) atoms. The van der Waals surface area contributed by atoms with E-state index < -0.39 is 0 Å². The minimum absolute atomic E-state index is 0.136. The van der Waals surface area contributed by atoms with Crippen LogP contribution in [-0.2, 0) is 11.3 Å². The Morgan fingerprint density at radius 1 is 1.00 bits per heavy atom. The van der Waals surface area contributed by atoms with Crippen LogP contribution in [0.5, 0.6) is 0 Å². The molecular formula is C26H37NO. The summed E-state index contributed by atoms with van der Waals surface area (Å²) < 4.78 is 0. The van der Waals surface area contributed by atoms with E-state index in [0.717, 1.165) is 19.3 Å². The van der Waals surface area contributed by atoms with Gasteiger partial charge in [0.1, 0.15) is 0 Å². The molecule has 152 valence electrons. The van der Waals surface area contributed by atoms with Crippen LogP contribution in [-0.4, -0.2) is 17.2 Å². The quantitative estimate of drug-likeness (QED) is 0.237. The van der Waals surface area contributed by atoms with Crippen LogP contribution in [0.15, 0.2) is 72.8 Å². The Hall–Kier alpha value is -1.90. The molecule has 0 aromatic heterocycles. The van der Waals surface area contributed by atoms with Crippen molar-refractivity contribution in [2.24, 2.45) is 5.92 Å². The Morgan fingerprint density at radius 3 is 2.11 bits per heavy atom. The fourth-order valence-corrected chi connectivity index (χ4v) is 3.97. The molecule has 0 bridgehead atoms. The SMILES string of the molecule is C=C(C)CC(C)(C)N(OCCCc1ccccc1)C(c1ccccc1)C(C)C. The summed E-state index contributed by atoms with van der Waals surface area (Å²) in [6, 6.07) is 21.6. The number of benzene rings is 2. The second kappa shape index (κ2) is 10.6. The third kappa shape index (κ3) is 6.61. The molecule has 0 heterocycles. The topological polar surface area (TPSA) is 12.5 Å². The standard InChI is InChI=1S/C26H37NO/c1-21(2)20-26(5,6)27(25(22(3)4)24-17-11-8-12-18-24)28-19-13-16-23-14-9-7-10-15-23/h7-12,14-15,17-18,22,25H,1,13,16,19-20H2,2-6H3. The van der Waals surface area contributed by atoms with Crippen molar-refractivity contribution >= 4 is 0 Å². The molecule has 1 unspecified atom stereocenters. The summed E-state index contributed by atoms with van der Waals surface area (Å²) in [6.45, 7) is 16.0. The molecule has 0 radical (unpaired) electrons.